The first kappa shape index (κ1) is 13.3. The van der Waals surface area contributed by atoms with E-state index in [1.165, 1.54) is 12.1 Å². The third kappa shape index (κ3) is 3.19. The molecule has 0 aromatic heterocycles. The number of ether oxygens (including phenoxy) is 1. The molecule has 1 fully saturated rings. The standard InChI is InChI=1S/C12H14N2O5/c15-10-7-8(14(17)18)4-5-9(10)13-12(16)11-3-1-2-6-19-11/h4-5,7,11,15H,1-3,6H2,(H,13,16). The molecule has 1 aliphatic rings. The van der Waals surface area contributed by atoms with Crippen molar-refractivity contribution in [3.63, 3.8) is 0 Å². The topological polar surface area (TPSA) is 102 Å². The Bertz CT molecular complexity index is 497. The van der Waals surface area contributed by atoms with Crippen molar-refractivity contribution in [1.29, 1.82) is 0 Å². The average Bonchev–Trinajstić information content (AvgIpc) is 2.41. The van der Waals surface area contributed by atoms with Crippen LogP contribution in [0.2, 0.25) is 0 Å². The number of carbonyl (C=O) groups excluding carboxylic acids is 1. The van der Waals surface area contributed by atoms with Gasteiger partial charge in [-0.05, 0) is 25.3 Å². The number of non-ortho nitro benzene ring substituents is 1. The number of anilines is 1. The summed E-state index contributed by atoms with van der Waals surface area (Å²) in [6.45, 7) is 0.546. The summed E-state index contributed by atoms with van der Waals surface area (Å²) < 4.78 is 5.31. The van der Waals surface area contributed by atoms with Crippen LogP contribution in [0.5, 0.6) is 5.75 Å². The van der Waals surface area contributed by atoms with Crippen LogP contribution < -0.4 is 5.32 Å². The minimum absolute atomic E-state index is 0.143. The number of phenols is 1. The van der Waals surface area contributed by atoms with E-state index in [4.69, 9.17) is 4.74 Å². The van der Waals surface area contributed by atoms with E-state index in [-0.39, 0.29) is 23.0 Å². The van der Waals surface area contributed by atoms with Crippen molar-refractivity contribution >= 4 is 17.3 Å². The second kappa shape index (κ2) is 5.66. The number of nitro benzene ring substituents is 1. The monoisotopic (exact) mass is 266 g/mol. The third-order valence-electron chi connectivity index (χ3n) is 2.92. The molecule has 2 rings (SSSR count). The molecular formula is C12H14N2O5. The quantitative estimate of drug-likeness (QED) is 0.493. The summed E-state index contributed by atoms with van der Waals surface area (Å²) in [6, 6.07) is 3.52. The third-order valence-corrected chi connectivity index (χ3v) is 2.92. The fourth-order valence-corrected chi connectivity index (χ4v) is 1.90. The van der Waals surface area contributed by atoms with Gasteiger partial charge in [-0.2, -0.15) is 0 Å². The molecule has 1 atom stereocenters. The van der Waals surface area contributed by atoms with Crippen molar-refractivity contribution in [2.75, 3.05) is 11.9 Å². The van der Waals surface area contributed by atoms with Crippen LogP contribution in [-0.2, 0) is 9.53 Å². The van der Waals surface area contributed by atoms with Crippen LogP contribution in [0.1, 0.15) is 19.3 Å². The van der Waals surface area contributed by atoms with Crippen molar-refractivity contribution in [2.24, 2.45) is 0 Å². The maximum atomic E-state index is 11.9. The molecule has 102 valence electrons. The number of rotatable bonds is 3. The Morgan fingerprint density at radius 2 is 2.26 bits per heavy atom. The Morgan fingerprint density at radius 1 is 1.47 bits per heavy atom. The summed E-state index contributed by atoms with van der Waals surface area (Å²) in [4.78, 5) is 21.8. The fourth-order valence-electron chi connectivity index (χ4n) is 1.90. The molecule has 1 unspecified atom stereocenters. The molecule has 1 amide bonds. The molecule has 1 aromatic rings. The highest BCUT2D eigenvalue weighted by atomic mass is 16.6. The van der Waals surface area contributed by atoms with Gasteiger partial charge in [-0.25, -0.2) is 0 Å². The molecule has 1 aliphatic heterocycles. The lowest BCUT2D eigenvalue weighted by molar-refractivity contribution is -0.384. The second-order valence-corrected chi connectivity index (χ2v) is 4.30. The van der Waals surface area contributed by atoms with Crippen molar-refractivity contribution in [2.45, 2.75) is 25.4 Å². The Balaban J connectivity index is 2.06. The van der Waals surface area contributed by atoms with Gasteiger partial charge in [0.1, 0.15) is 11.9 Å². The van der Waals surface area contributed by atoms with E-state index in [9.17, 15) is 20.0 Å². The van der Waals surface area contributed by atoms with Crippen molar-refractivity contribution in [1.82, 2.24) is 0 Å². The lowest BCUT2D eigenvalue weighted by atomic mass is 10.1. The number of carbonyl (C=O) groups is 1. The summed E-state index contributed by atoms with van der Waals surface area (Å²) in [6.07, 6.45) is 1.97. The summed E-state index contributed by atoms with van der Waals surface area (Å²) in [5.74, 6) is -0.679. The molecule has 19 heavy (non-hydrogen) atoms. The Hall–Kier alpha value is -2.15. The van der Waals surface area contributed by atoms with E-state index in [2.05, 4.69) is 5.32 Å². The Kier molecular flexibility index (Phi) is 3.96. The lowest BCUT2D eigenvalue weighted by Gasteiger charge is -2.21. The van der Waals surface area contributed by atoms with E-state index in [1.807, 2.05) is 0 Å². The highest BCUT2D eigenvalue weighted by Gasteiger charge is 2.23. The molecule has 0 radical (unpaired) electrons. The first-order valence-electron chi connectivity index (χ1n) is 5.98. The van der Waals surface area contributed by atoms with E-state index >= 15 is 0 Å². The van der Waals surface area contributed by atoms with Crippen LogP contribution in [0.15, 0.2) is 18.2 Å². The molecule has 0 saturated carbocycles. The minimum Gasteiger partial charge on any atom is -0.506 e. The maximum absolute atomic E-state index is 11.9. The second-order valence-electron chi connectivity index (χ2n) is 4.30. The van der Waals surface area contributed by atoms with E-state index in [1.54, 1.807) is 0 Å². The number of hydrogen-bond donors (Lipinski definition) is 2. The van der Waals surface area contributed by atoms with Crippen LogP contribution >= 0.6 is 0 Å². The summed E-state index contributed by atoms with van der Waals surface area (Å²) >= 11 is 0. The maximum Gasteiger partial charge on any atom is 0.273 e. The van der Waals surface area contributed by atoms with Gasteiger partial charge in [0.25, 0.3) is 11.6 Å². The first-order chi connectivity index (χ1) is 9.08. The number of phenolic OH excluding ortho intramolecular Hbond substituents is 1. The average molecular weight is 266 g/mol. The predicted octanol–water partition coefficient (Wildman–Crippen LogP) is 1.81. The smallest absolute Gasteiger partial charge is 0.273 e. The minimum atomic E-state index is -0.616. The fraction of sp³-hybridized carbons (Fsp3) is 0.417. The highest BCUT2D eigenvalue weighted by molar-refractivity contribution is 5.95. The van der Waals surface area contributed by atoms with E-state index in [0.29, 0.717) is 13.0 Å². The normalized spacial score (nSPS) is 18.8. The summed E-state index contributed by atoms with van der Waals surface area (Å²) in [5.41, 5.74) is -0.0887. The molecule has 0 spiro atoms. The highest BCUT2D eigenvalue weighted by Crippen LogP contribution is 2.28. The largest absolute Gasteiger partial charge is 0.506 e. The molecule has 0 bridgehead atoms. The molecule has 1 aromatic carbocycles. The molecule has 2 N–H and O–H groups in total. The number of nitrogens with one attached hydrogen (secondary N) is 1. The van der Waals surface area contributed by atoms with Crippen LogP contribution in [0.4, 0.5) is 11.4 Å². The Morgan fingerprint density at radius 3 is 2.84 bits per heavy atom. The predicted molar refractivity (Wildman–Crippen MR) is 67.0 cm³/mol. The Labute approximate surface area is 109 Å². The molecule has 0 aliphatic carbocycles. The van der Waals surface area contributed by atoms with Gasteiger partial charge in [-0.3, -0.25) is 14.9 Å². The lowest BCUT2D eigenvalue weighted by Crippen LogP contribution is -2.33. The number of nitrogens with zero attached hydrogens (tertiary/aromatic N) is 1. The van der Waals surface area contributed by atoms with Gasteiger partial charge in [0.05, 0.1) is 16.7 Å². The number of hydrogen-bond acceptors (Lipinski definition) is 5. The van der Waals surface area contributed by atoms with Gasteiger partial charge in [0.2, 0.25) is 0 Å². The number of amides is 1. The molecule has 1 heterocycles. The van der Waals surface area contributed by atoms with Crippen LogP contribution in [0.25, 0.3) is 0 Å². The molecular weight excluding hydrogens is 252 g/mol. The zero-order valence-corrected chi connectivity index (χ0v) is 10.2. The van der Waals surface area contributed by atoms with Gasteiger partial charge in [0, 0.05) is 12.7 Å². The van der Waals surface area contributed by atoms with Gasteiger partial charge < -0.3 is 15.2 Å². The van der Waals surface area contributed by atoms with Gasteiger partial charge in [-0.15, -0.1) is 0 Å². The van der Waals surface area contributed by atoms with Crippen molar-refractivity contribution in [3.05, 3.63) is 28.3 Å². The zero-order chi connectivity index (χ0) is 13.8. The number of nitro groups is 1. The van der Waals surface area contributed by atoms with Crippen molar-refractivity contribution < 1.29 is 19.6 Å². The number of benzene rings is 1. The molecule has 1 saturated heterocycles. The van der Waals surface area contributed by atoms with Crippen molar-refractivity contribution in [3.8, 4) is 5.75 Å². The first-order valence-corrected chi connectivity index (χ1v) is 5.98. The zero-order valence-electron chi connectivity index (χ0n) is 10.2. The van der Waals surface area contributed by atoms with Gasteiger partial charge in [0.15, 0.2) is 0 Å². The molecule has 7 heteroatoms. The van der Waals surface area contributed by atoms with E-state index < -0.39 is 11.0 Å². The van der Waals surface area contributed by atoms with Gasteiger partial charge >= 0.3 is 0 Å². The van der Waals surface area contributed by atoms with Crippen LogP contribution in [0, 0.1) is 10.1 Å². The SMILES string of the molecule is O=C(Nc1ccc([N+](=O)[O-])cc1O)C1CCCCO1. The summed E-state index contributed by atoms with van der Waals surface area (Å²) in [7, 11) is 0. The van der Waals surface area contributed by atoms with Crippen LogP contribution in [-0.4, -0.2) is 28.6 Å². The van der Waals surface area contributed by atoms with E-state index in [0.717, 1.165) is 18.9 Å². The van der Waals surface area contributed by atoms with Crippen LogP contribution in [0.3, 0.4) is 0 Å². The number of aromatic hydroxyl groups is 1. The van der Waals surface area contributed by atoms with Gasteiger partial charge in [-0.1, -0.05) is 0 Å². The summed E-state index contributed by atoms with van der Waals surface area (Å²) in [5, 5.41) is 22.7. The molecule has 7 nitrogen and oxygen atoms in total.